The van der Waals surface area contributed by atoms with E-state index in [-0.39, 0.29) is 5.69 Å². The van der Waals surface area contributed by atoms with E-state index in [1.165, 1.54) is 23.8 Å². The van der Waals surface area contributed by atoms with E-state index in [0.717, 1.165) is 10.7 Å². The van der Waals surface area contributed by atoms with Crippen molar-refractivity contribution in [3.05, 3.63) is 29.0 Å². The van der Waals surface area contributed by atoms with Crippen LogP contribution >= 0.6 is 11.3 Å². The molecule has 0 aromatic carbocycles. The summed E-state index contributed by atoms with van der Waals surface area (Å²) in [5.41, 5.74) is 0.119. The summed E-state index contributed by atoms with van der Waals surface area (Å²) in [5.74, 6) is 0.717. The number of halogens is 3. The molecule has 4 nitrogen and oxygen atoms in total. The zero-order valence-electron chi connectivity index (χ0n) is 11.4. The van der Waals surface area contributed by atoms with Crippen LogP contribution in [-0.2, 0) is 0 Å². The van der Waals surface area contributed by atoms with Gasteiger partial charge in [0.15, 0.2) is 10.8 Å². The van der Waals surface area contributed by atoms with Crippen LogP contribution in [0, 0.1) is 6.92 Å². The Balaban J connectivity index is 2.05. The van der Waals surface area contributed by atoms with Crippen LogP contribution in [0.2, 0.25) is 0 Å². The van der Waals surface area contributed by atoms with Gasteiger partial charge in [-0.2, -0.15) is 13.2 Å². The molecule has 114 valence electrons. The van der Waals surface area contributed by atoms with Gasteiger partial charge in [-0.15, -0.1) is 11.3 Å². The first-order chi connectivity index (χ1) is 9.76. The van der Waals surface area contributed by atoms with Crippen molar-refractivity contribution >= 4 is 17.2 Å². The lowest BCUT2D eigenvalue weighted by atomic mass is 10.3. The molecule has 0 aliphatic heterocycles. The fourth-order valence-electron chi connectivity index (χ4n) is 1.63. The zero-order chi connectivity index (χ0) is 15.6. The molecule has 0 saturated carbocycles. The second kappa shape index (κ2) is 5.88. The highest BCUT2D eigenvalue weighted by Gasteiger charge is 2.28. The molecule has 0 fully saturated rings. The van der Waals surface area contributed by atoms with E-state index >= 15 is 0 Å². The maximum absolute atomic E-state index is 12.1. The maximum Gasteiger partial charge on any atom is 0.390 e. The quantitative estimate of drug-likeness (QED) is 0.863. The van der Waals surface area contributed by atoms with Crippen LogP contribution in [-0.4, -0.2) is 35.6 Å². The number of aryl methyl sites for hydroxylation is 1. The normalized spacial score (nSPS) is 11.7. The highest BCUT2D eigenvalue weighted by atomic mass is 32.1. The minimum Gasteiger partial charge on any atom is -0.459 e. The highest BCUT2D eigenvalue weighted by molar-refractivity contribution is 7.13. The van der Waals surface area contributed by atoms with Gasteiger partial charge in [-0.3, -0.25) is 4.79 Å². The largest absolute Gasteiger partial charge is 0.459 e. The van der Waals surface area contributed by atoms with E-state index in [0.29, 0.717) is 10.8 Å². The molecule has 2 rings (SSSR count). The molecule has 2 aromatic heterocycles. The fourth-order valence-corrected chi connectivity index (χ4v) is 2.38. The van der Waals surface area contributed by atoms with Crippen LogP contribution in [0.15, 0.2) is 21.9 Å². The highest BCUT2D eigenvalue weighted by Crippen LogP contribution is 2.26. The Labute approximate surface area is 123 Å². The van der Waals surface area contributed by atoms with Crippen LogP contribution in [0.3, 0.4) is 0 Å². The van der Waals surface area contributed by atoms with E-state index in [1.807, 2.05) is 0 Å². The molecule has 2 aromatic rings. The second-order valence-electron chi connectivity index (χ2n) is 4.54. The number of nitrogens with zero attached hydrogens (tertiary/aromatic N) is 2. The van der Waals surface area contributed by atoms with Crippen molar-refractivity contribution in [2.75, 3.05) is 13.6 Å². The molecule has 0 N–H and O–H groups in total. The van der Waals surface area contributed by atoms with Crippen molar-refractivity contribution in [3.63, 3.8) is 0 Å². The van der Waals surface area contributed by atoms with Crippen molar-refractivity contribution in [1.29, 1.82) is 0 Å². The van der Waals surface area contributed by atoms with Gasteiger partial charge < -0.3 is 9.32 Å². The first-order valence-corrected chi connectivity index (χ1v) is 6.99. The minimum absolute atomic E-state index is 0.119. The molecule has 0 spiro atoms. The monoisotopic (exact) mass is 318 g/mol. The van der Waals surface area contributed by atoms with Gasteiger partial charge in [0, 0.05) is 19.0 Å². The summed E-state index contributed by atoms with van der Waals surface area (Å²) in [4.78, 5) is 17.1. The van der Waals surface area contributed by atoms with Gasteiger partial charge in [0.25, 0.3) is 5.91 Å². The van der Waals surface area contributed by atoms with Gasteiger partial charge in [0.1, 0.15) is 11.5 Å². The summed E-state index contributed by atoms with van der Waals surface area (Å²) in [6, 6.07) is 3.50. The van der Waals surface area contributed by atoms with Crippen LogP contribution in [0.1, 0.15) is 22.7 Å². The van der Waals surface area contributed by atoms with Crippen LogP contribution in [0.5, 0.6) is 0 Å². The lowest BCUT2D eigenvalue weighted by molar-refractivity contribution is -0.136. The first kappa shape index (κ1) is 15.6. The predicted molar refractivity (Wildman–Crippen MR) is 72.2 cm³/mol. The smallest absolute Gasteiger partial charge is 0.390 e. The van der Waals surface area contributed by atoms with Gasteiger partial charge in [0.2, 0.25) is 0 Å². The summed E-state index contributed by atoms with van der Waals surface area (Å²) in [5, 5.41) is 2.04. The summed E-state index contributed by atoms with van der Waals surface area (Å²) >= 11 is 1.21. The van der Waals surface area contributed by atoms with Gasteiger partial charge >= 0.3 is 6.18 Å². The Hall–Kier alpha value is -1.83. The van der Waals surface area contributed by atoms with Crippen LogP contribution in [0.4, 0.5) is 13.2 Å². The minimum atomic E-state index is -4.28. The number of furan rings is 1. The van der Waals surface area contributed by atoms with Gasteiger partial charge in [-0.25, -0.2) is 4.98 Å². The Bertz CT molecular complexity index is 633. The van der Waals surface area contributed by atoms with Gasteiger partial charge in [-0.05, 0) is 19.1 Å². The molecule has 0 aliphatic carbocycles. The summed E-state index contributed by atoms with van der Waals surface area (Å²) < 4.78 is 41.8. The van der Waals surface area contributed by atoms with Crippen molar-refractivity contribution in [2.45, 2.75) is 19.5 Å². The first-order valence-electron chi connectivity index (χ1n) is 6.11. The lowest BCUT2D eigenvalue weighted by Crippen LogP contribution is -2.30. The summed E-state index contributed by atoms with van der Waals surface area (Å²) in [6.45, 7) is 1.39. The molecule has 0 bridgehead atoms. The second-order valence-corrected chi connectivity index (χ2v) is 5.40. The predicted octanol–water partition coefficient (Wildman–Crippen LogP) is 3.74. The number of carbonyl (C=O) groups excluding carboxylic acids is 1. The molecular weight excluding hydrogens is 305 g/mol. The summed E-state index contributed by atoms with van der Waals surface area (Å²) in [6.07, 6.45) is -5.32. The number of thiazole rings is 1. The number of alkyl halides is 3. The van der Waals surface area contributed by atoms with Crippen LogP contribution in [0.25, 0.3) is 10.8 Å². The molecule has 2 heterocycles. The van der Waals surface area contributed by atoms with Crippen LogP contribution < -0.4 is 0 Å². The molecular formula is C13H13F3N2O2S. The number of aromatic nitrogens is 1. The molecule has 0 atom stereocenters. The van der Waals surface area contributed by atoms with E-state index in [1.54, 1.807) is 19.1 Å². The summed E-state index contributed by atoms with van der Waals surface area (Å²) in [7, 11) is 1.32. The SMILES string of the molecule is Cc1ccc(-c2nc(C(=O)N(C)CCC(F)(F)F)cs2)o1. The molecule has 1 amide bonds. The third-order valence-electron chi connectivity index (χ3n) is 2.75. The molecule has 0 saturated heterocycles. The van der Waals surface area contributed by atoms with E-state index in [2.05, 4.69) is 4.98 Å². The average Bonchev–Trinajstić information content (AvgIpc) is 3.02. The van der Waals surface area contributed by atoms with Crippen molar-refractivity contribution in [1.82, 2.24) is 9.88 Å². The standard InChI is InChI=1S/C13H13F3N2O2S/c1-8-3-4-10(20-8)11-17-9(7-21-11)12(19)18(2)6-5-13(14,15)16/h3-4,7H,5-6H2,1-2H3. The van der Waals surface area contributed by atoms with Crippen molar-refractivity contribution in [3.8, 4) is 10.8 Å². The third kappa shape index (κ3) is 4.07. The molecule has 0 radical (unpaired) electrons. The molecule has 0 aliphatic rings. The molecule has 8 heteroatoms. The van der Waals surface area contributed by atoms with E-state index < -0.39 is 25.0 Å². The number of carbonyl (C=O) groups is 1. The van der Waals surface area contributed by atoms with Gasteiger partial charge in [0.05, 0.1) is 6.42 Å². The Morgan fingerprint density at radius 2 is 2.14 bits per heavy atom. The van der Waals surface area contributed by atoms with Gasteiger partial charge in [-0.1, -0.05) is 0 Å². The Morgan fingerprint density at radius 3 is 2.71 bits per heavy atom. The van der Waals surface area contributed by atoms with Crippen molar-refractivity contribution in [2.24, 2.45) is 0 Å². The number of rotatable bonds is 4. The molecule has 0 unspecified atom stereocenters. The topological polar surface area (TPSA) is 46.3 Å². The third-order valence-corrected chi connectivity index (χ3v) is 3.61. The van der Waals surface area contributed by atoms with Crippen molar-refractivity contribution < 1.29 is 22.4 Å². The lowest BCUT2D eigenvalue weighted by Gasteiger charge is -2.16. The van der Waals surface area contributed by atoms with E-state index in [4.69, 9.17) is 4.42 Å². The molecule has 21 heavy (non-hydrogen) atoms. The number of hydrogen-bond donors (Lipinski definition) is 0. The maximum atomic E-state index is 12.1. The Kier molecular flexibility index (Phi) is 4.36. The van der Waals surface area contributed by atoms with E-state index in [9.17, 15) is 18.0 Å². The zero-order valence-corrected chi connectivity index (χ0v) is 12.2. The Morgan fingerprint density at radius 1 is 1.43 bits per heavy atom. The fraction of sp³-hybridized carbons (Fsp3) is 0.385. The number of amides is 1. The number of hydrogen-bond acceptors (Lipinski definition) is 4. The average molecular weight is 318 g/mol.